The molecule has 112 valence electrons. The number of methoxy groups -OCH3 is 1. The summed E-state index contributed by atoms with van der Waals surface area (Å²) in [4.78, 5) is 0. The Balaban J connectivity index is 2.35. The van der Waals surface area contributed by atoms with E-state index in [1.165, 1.54) is 0 Å². The Hall–Kier alpha value is -1.38. The van der Waals surface area contributed by atoms with Crippen molar-refractivity contribution in [2.75, 3.05) is 7.11 Å². The van der Waals surface area contributed by atoms with Crippen LogP contribution < -0.4 is 9.47 Å². The predicted octanol–water partition coefficient (Wildman–Crippen LogP) is 5.46. The van der Waals surface area contributed by atoms with Gasteiger partial charge in [-0.15, -0.1) is 11.6 Å². The summed E-state index contributed by atoms with van der Waals surface area (Å²) in [5.41, 5.74) is 1.78. The molecule has 0 spiro atoms. The lowest BCUT2D eigenvalue weighted by molar-refractivity contribution is 0.242. The molecule has 2 rings (SSSR count). The zero-order valence-corrected chi connectivity index (χ0v) is 13.8. The standard InChI is InChI=1S/C17H18Cl2O2/c1-11(2)21-14-6-4-5-12(9-14)17(19)15-10-13(18)7-8-16(15)20-3/h4-11,17H,1-3H3. The third-order valence-electron chi connectivity index (χ3n) is 2.99. The van der Waals surface area contributed by atoms with E-state index in [0.29, 0.717) is 5.02 Å². The van der Waals surface area contributed by atoms with Crippen LogP contribution in [-0.4, -0.2) is 13.2 Å². The van der Waals surface area contributed by atoms with Gasteiger partial charge in [-0.25, -0.2) is 0 Å². The van der Waals surface area contributed by atoms with Crippen molar-refractivity contribution in [2.45, 2.75) is 25.3 Å². The first kappa shape index (κ1) is 16.0. The summed E-state index contributed by atoms with van der Waals surface area (Å²) in [6.07, 6.45) is 0.120. The minimum absolute atomic E-state index is 0.120. The van der Waals surface area contributed by atoms with Gasteiger partial charge in [-0.05, 0) is 49.7 Å². The van der Waals surface area contributed by atoms with Crippen molar-refractivity contribution in [3.8, 4) is 11.5 Å². The number of rotatable bonds is 5. The van der Waals surface area contributed by atoms with Crippen LogP contribution in [0.4, 0.5) is 0 Å². The molecule has 0 radical (unpaired) electrons. The number of halogens is 2. The topological polar surface area (TPSA) is 18.5 Å². The van der Waals surface area contributed by atoms with Crippen molar-refractivity contribution >= 4 is 23.2 Å². The first-order valence-electron chi connectivity index (χ1n) is 6.75. The first-order chi connectivity index (χ1) is 10.0. The SMILES string of the molecule is COc1ccc(Cl)cc1C(Cl)c1cccc(OC(C)C)c1. The van der Waals surface area contributed by atoms with E-state index in [9.17, 15) is 0 Å². The van der Waals surface area contributed by atoms with Gasteiger partial charge in [-0.2, -0.15) is 0 Å². The van der Waals surface area contributed by atoms with E-state index in [2.05, 4.69) is 0 Å². The number of benzene rings is 2. The van der Waals surface area contributed by atoms with Gasteiger partial charge in [0.05, 0.1) is 18.6 Å². The van der Waals surface area contributed by atoms with Gasteiger partial charge in [-0.3, -0.25) is 0 Å². The lowest BCUT2D eigenvalue weighted by atomic mass is 10.0. The highest BCUT2D eigenvalue weighted by atomic mass is 35.5. The molecule has 2 nitrogen and oxygen atoms in total. The van der Waals surface area contributed by atoms with Crippen LogP contribution in [0.5, 0.6) is 11.5 Å². The fraction of sp³-hybridized carbons (Fsp3) is 0.294. The van der Waals surface area contributed by atoms with Crippen LogP contribution in [-0.2, 0) is 0 Å². The van der Waals surface area contributed by atoms with Gasteiger partial charge in [0.1, 0.15) is 11.5 Å². The monoisotopic (exact) mass is 324 g/mol. The lowest BCUT2D eigenvalue weighted by Gasteiger charge is -2.16. The maximum atomic E-state index is 6.60. The quantitative estimate of drug-likeness (QED) is 0.679. The molecule has 0 fully saturated rings. The Morgan fingerprint density at radius 3 is 2.48 bits per heavy atom. The van der Waals surface area contributed by atoms with Gasteiger partial charge in [0.2, 0.25) is 0 Å². The summed E-state index contributed by atoms with van der Waals surface area (Å²) in [7, 11) is 1.62. The molecule has 0 bridgehead atoms. The molecule has 1 unspecified atom stereocenters. The minimum atomic E-state index is -0.352. The van der Waals surface area contributed by atoms with Gasteiger partial charge in [0, 0.05) is 10.6 Å². The third-order valence-corrected chi connectivity index (χ3v) is 3.71. The van der Waals surface area contributed by atoms with Crippen LogP contribution in [0, 0.1) is 0 Å². The van der Waals surface area contributed by atoms with Gasteiger partial charge < -0.3 is 9.47 Å². The fourth-order valence-corrected chi connectivity index (χ4v) is 2.59. The van der Waals surface area contributed by atoms with Crippen LogP contribution in [0.2, 0.25) is 5.02 Å². The van der Waals surface area contributed by atoms with E-state index in [0.717, 1.165) is 22.6 Å². The molecular weight excluding hydrogens is 307 g/mol. The second-order valence-electron chi connectivity index (χ2n) is 4.99. The summed E-state index contributed by atoms with van der Waals surface area (Å²) >= 11 is 12.7. The van der Waals surface area contributed by atoms with Crippen LogP contribution in [0.15, 0.2) is 42.5 Å². The van der Waals surface area contributed by atoms with Gasteiger partial charge >= 0.3 is 0 Å². The van der Waals surface area contributed by atoms with E-state index < -0.39 is 0 Å². The van der Waals surface area contributed by atoms with E-state index in [4.69, 9.17) is 32.7 Å². The van der Waals surface area contributed by atoms with Gasteiger partial charge in [0.25, 0.3) is 0 Å². The van der Waals surface area contributed by atoms with Crippen LogP contribution >= 0.6 is 23.2 Å². The van der Waals surface area contributed by atoms with Gasteiger partial charge in [-0.1, -0.05) is 23.7 Å². The number of hydrogen-bond acceptors (Lipinski definition) is 2. The Morgan fingerprint density at radius 2 is 1.81 bits per heavy atom. The van der Waals surface area contributed by atoms with Crippen molar-refractivity contribution in [3.05, 3.63) is 58.6 Å². The molecule has 1 atom stereocenters. The van der Waals surface area contributed by atoms with Crippen molar-refractivity contribution < 1.29 is 9.47 Å². The Kier molecular flexibility index (Phi) is 5.38. The normalized spacial score (nSPS) is 12.3. The Labute approximate surface area is 135 Å². The maximum Gasteiger partial charge on any atom is 0.123 e. The lowest BCUT2D eigenvalue weighted by Crippen LogP contribution is -2.06. The average molecular weight is 325 g/mol. The molecule has 0 saturated carbocycles. The Morgan fingerprint density at radius 1 is 1.05 bits per heavy atom. The van der Waals surface area contributed by atoms with Crippen LogP contribution in [0.25, 0.3) is 0 Å². The molecule has 0 amide bonds. The minimum Gasteiger partial charge on any atom is -0.496 e. The van der Waals surface area contributed by atoms with Crippen LogP contribution in [0.3, 0.4) is 0 Å². The van der Waals surface area contributed by atoms with E-state index in [-0.39, 0.29) is 11.5 Å². The fourth-order valence-electron chi connectivity index (χ4n) is 2.10. The van der Waals surface area contributed by atoms with Crippen molar-refractivity contribution in [1.82, 2.24) is 0 Å². The Bertz CT molecular complexity index is 611. The molecule has 0 aliphatic carbocycles. The van der Waals surface area contributed by atoms with Crippen molar-refractivity contribution in [1.29, 1.82) is 0 Å². The highest BCUT2D eigenvalue weighted by molar-refractivity contribution is 6.31. The summed E-state index contributed by atoms with van der Waals surface area (Å²) in [5.74, 6) is 1.52. The molecule has 21 heavy (non-hydrogen) atoms. The summed E-state index contributed by atoms with van der Waals surface area (Å²) in [6, 6.07) is 13.2. The second-order valence-corrected chi connectivity index (χ2v) is 5.86. The summed E-state index contributed by atoms with van der Waals surface area (Å²) in [6.45, 7) is 3.98. The number of alkyl halides is 1. The van der Waals surface area contributed by atoms with E-state index in [1.54, 1.807) is 13.2 Å². The first-order valence-corrected chi connectivity index (χ1v) is 7.57. The average Bonchev–Trinajstić information content (AvgIpc) is 2.46. The maximum absolute atomic E-state index is 6.60. The van der Waals surface area contributed by atoms with Crippen molar-refractivity contribution in [2.24, 2.45) is 0 Å². The number of ether oxygens (including phenoxy) is 2. The molecule has 0 saturated heterocycles. The molecule has 0 aliphatic rings. The molecule has 0 aliphatic heterocycles. The predicted molar refractivity (Wildman–Crippen MR) is 87.9 cm³/mol. The molecular formula is C17H18Cl2O2. The molecule has 4 heteroatoms. The van der Waals surface area contributed by atoms with Crippen molar-refractivity contribution in [3.63, 3.8) is 0 Å². The van der Waals surface area contributed by atoms with Gasteiger partial charge in [0.15, 0.2) is 0 Å². The smallest absolute Gasteiger partial charge is 0.123 e. The zero-order chi connectivity index (χ0) is 15.4. The molecule has 2 aromatic rings. The molecule has 2 aromatic carbocycles. The third kappa shape index (κ3) is 4.05. The molecule has 0 aromatic heterocycles. The highest BCUT2D eigenvalue weighted by Crippen LogP contribution is 2.37. The largest absolute Gasteiger partial charge is 0.496 e. The molecule has 0 heterocycles. The number of hydrogen-bond donors (Lipinski definition) is 0. The van der Waals surface area contributed by atoms with Crippen LogP contribution in [0.1, 0.15) is 30.4 Å². The summed E-state index contributed by atoms with van der Waals surface area (Å²) in [5, 5.41) is 0.278. The van der Waals surface area contributed by atoms with E-state index in [1.807, 2.05) is 50.2 Å². The highest BCUT2D eigenvalue weighted by Gasteiger charge is 2.17. The molecule has 0 N–H and O–H groups in total. The zero-order valence-electron chi connectivity index (χ0n) is 12.3. The van der Waals surface area contributed by atoms with E-state index >= 15 is 0 Å². The summed E-state index contributed by atoms with van der Waals surface area (Å²) < 4.78 is 11.1. The second kappa shape index (κ2) is 7.06.